The van der Waals surface area contributed by atoms with Crippen molar-refractivity contribution in [2.75, 3.05) is 13.7 Å². The molecule has 3 fully saturated rings. The van der Waals surface area contributed by atoms with Gasteiger partial charge in [0, 0.05) is 30.3 Å². The van der Waals surface area contributed by atoms with Crippen LogP contribution in [0.4, 0.5) is 9.18 Å². The fraction of sp³-hybridized carbons (Fsp3) is 0.576. The lowest BCUT2D eigenvalue weighted by Gasteiger charge is -2.62. The van der Waals surface area contributed by atoms with Crippen molar-refractivity contribution in [2.24, 2.45) is 28.6 Å². The van der Waals surface area contributed by atoms with Crippen LogP contribution in [0.15, 0.2) is 48.1 Å². The molecule has 5 rings (SSSR count). The van der Waals surface area contributed by atoms with Crippen LogP contribution in [-0.4, -0.2) is 64.8 Å². The Hall–Kier alpha value is -3.37. The summed E-state index contributed by atoms with van der Waals surface area (Å²) in [5.74, 6) is -2.59. The van der Waals surface area contributed by atoms with Crippen molar-refractivity contribution < 1.29 is 38.5 Å². The third kappa shape index (κ3) is 4.73. The summed E-state index contributed by atoms with van der Waals surface area (Å²) in [6, 6.07) is 7.12. The molecule has 3 saturated carbocycles. The maximum absolute atomic E-state index is 17.3. The van der Waals surface area contributed by atoms with Crippen LogP contribution in [0.5, 0.6) is 0 Å². The number of alkyl halides is 1. The van der Waals surface area contributed by atoms with Crippen LogP contribution < -0.4 is 10.6 Å². The van der Waals surface area contributed by atoms with Crippen LogP contribution in [0.2, 0.25) is 0 Å². The van der Waals surface area contributed by atoms with E-state index in [4.69, 9.17) is 4.74 Å². The Balaban J connectivity index is 1.26. The first-order valence-corrected chi connectivity index (χ1v) is 15.0. The van der Waals surface area contributed by atoms with Crippen molar-refractivity contribution in [2.45, 2.75) is 76.8 Å². The monoisotopic (exact) mass is 596 g/mol. The van der Waals surface area contributed by atoms with E-state index >= 15 is 4.39 Å². The van der Waals surface area contributed by atoms with E-state index in [0.717, 1.165) is 11.1 Å². The highest BCUT2D eigenvalue weighted by molar-refractivity contribution is 6.01. The number of carbonyl (C=O) groups excluding carboxylic acids is 4. The molecule has 0 radical (unpaired) electrons. The number of aliphatic hydroxyl groups excluding tert-OH is 1. The molecule has 0 unspecified atom stereocenters. The number of ether oxygens (including phenoxy) is 1. The summed E-state index contributed by atoms with van der Waals surface area (Å²) in [5, 5.41) is 28.6. The summed E-state index contributed by atoms with van der Waals surface area (Å²) in [7, 11) is 1.57. The fourth-order valence-electron chi connectivity index (χ4n) is 8.66. The van der Waals surface area contributed by atoms with Gasteiger partial charge < -0.3 is 25.6 Å². The van der Waals surface area contributed by atoms with E-state index < -0.39 is 64.4 Å². The van der Waals surface area contributed by atoms with E-state index in [1.54, 1.807) is 58.2 Å². The summed E-state index contributed by atoms with van der Waals surface area (Å²) in [5.41, 5.74) is -4.05. The van der Waals surface area contributed by atoms with Crippen molar-refractivity contribution in [3.05, 3.63) is 59.2 Å². The van der Waals surface area contributed by atoms with Crippen molar-refractivity contribution in [3.63, 3.8) is 0 Å². The van der Waals surface area contributed by atoms with Gasteiger partial charge in [-0.05, 0) is 67.7 Å². The van der Waals surface area contributed by atoms with Crippen LogP contribution in [0.25, 0.3) is 0 Å². The molecule has 4 N–H and O–H groups in total. The number of likely N-dealkylation sites (N-methyl/N-ethyl adjacent to an activating group) is 1. The van der Waals surface area contributed by atoms with Gasteiger partial charge in [-0.1, -0.05) is 49.8 Å². The average Bonchev–Trinajstić information content (AvgIpc) is 3.18. The zero-order valence-electron chi connectivity index (χ0n) is 25.1. The zero-order chi connectivity index (χ0) is 31.4. The third-order valence-corrected chi connectivity index (χ3v) is 11.1. The molecule has 43 heavy (non-hydrogen) atoms. The lowest BCUT2D eigenvalue weighted by Crippen LogP contribution is -2.69. The Labute approximate surface area is 250 Å². The Kier molecular flexibility index (Phi) is 7.92. The van der Waals surface area contributed by atoms with Gasteiger partial charge in [-0.2, -0.15) is 0 Å². The van der Waals surface area contributed by atoms with E-state index in [9.17, 15) is 29.4 Å². The largest absolute Gasteiger partial charge is 0.441 e. The number of halogens is 1. The molecule has 4 aliphatic carbocycles. The minimum atomic E-state index is -2.07. The number of nitrogens with one attached hydrogen (secondary N) is 2. The van der Waals surface area contributed by atoms with E-state index in [0.29, 0.717) is 24.8 Å². The van der Waals surface area contributed by atoms with Crippen LogP contribution in [0.1, 0.15) is 57.6 Å². The molecule has 232 valence electrons. The quantitative estimate of drug-likeness (QED) is 0.379. The van der Waals surface area contributed by atoms with Crippen LogP contribution >= 0.6 is 0 Å². The summed E-state index contributed by atoms with van der Waals surface area (Å²) in [6.45, 7) is 4.67. The lowest BCUT2D eigenvalue weighted by atomic mass is 9.44. The molecule has 0 spiro atoms. The van der Waals surface area contributed by atoms with Crippen molar-refractivity contribution in [1.29, 1.82) is 0 Å². The average molecular weight is 597 g/mol. The van der Waals surface area contributed by atoms with Gasteiger partial charge in [0.2, 0.25) is 11.7 Å². The molecule has 0 bridgehead atoms. The Morgan fingerprint density at radius 3 is 2.47 bits per heavy atom. The Morgan fingerprint density at radius 2 is 1.79 bits per heavy atom. The number of amides is 2. The smallest absolute Gasteiger partial charge is 0.407 e. The first-order valence-electron chi connectivity index (χ1n) is 15.0. The zero-order valence-corrected chi connectivity index (χ0v) is 25.1. The van der Waals surface area contributed by atoms with E-state index in [1.165, 1.54) is 12.2 Å². The van der Waals surface area contributed by atoms with E-state index in [1.807, 2.05) is 0 Å². The molecule has 4 aliphatic rings. The maximum atomic E-state index is 17.3. The van der Waals surface area contributed by atoms with Crippen LogP contribution in [-0.2, 0) is 32.1 Å². The number of rotatable bonds is 7. The van der Waals surface area contributed by atoms with Crippen molar-refractivity contribution in [3.8, 4) is 0 Å². The fourth-order valence-corrected chi connectivity index (χ4v) is 8.66. The van der Waals surface area contributed by atoms with Gasteiger partial charge in [0.05, 0.1) is 12.5 Å². The van der Waals surface area contributed by atoms with Crippen LogP contribution in [0, 0.1) is 28.6 Å². The second-order valence-corrected chi connectivity index (χ2v) is 13.2. The van der Waals surface area contributed by atoms with E-state index in [-0.39, 0.29) is 31.1 Å². The topological polar surface area (TPSA) is 142 Å². The predicted octanol–water partition coefficient (Wildman–Crippen LogP) is 3.12. The molecule has 0 heterocycles. The molecular weight excluding hydrogens is 555 g/mol. The van der Waals surface area contributed by atoms with Crippen molar-refractivity contribution in [1.82, 2.24) is 10.6 Å². The number of allylic oxidation sites excluding steroid dienone is 4. The first kappa shape index (κ1) is 31.1. The number of hydrogen-bond donors (Lipinski definition) is 4. The maximum Gasteiger partial charge on any atom is 0.407 e. The highest BCUT2D eigenvalue weighted by Crippen LogP contribution is 2.70. The number of fused-ring (bicyclic) bond motifs is 5. The summed E-state index contributed by atoms with van der Waals surface area (Å²) in [6.07, 6.45) is 3.44. The SMILES string of the molecule is CNC(=O)Cc1ccc(CNC(=O)OCC(=O)[C@@]2(O)[C@H](C)C[C@H]3[C@@H]4CCC5=CC(=O)C=C[C@]5(C)[C@@]4(F)[C@@H](O)C[C@@]32C)cc1. The normalized spacial score (nSPS) is 37.8. The lowest BCUT2D eigenvalue weighted by molar-refractivity contribution is -0.219. The Morgan fingerprint density at radius 1 is 1.12 bits per heavy atom. The first-order chi connectivity index (χ1) is 20.2. The number of ketones is 2. The molecule has 1 aromatic rings. The van der Waals surface area contributed by atoms with Gasteiger partial charge in [0.25, 0.3) is 0 Å². The standard InChI is InChI=1S/C33H41FN2O7/c1-19-13-25-24-10-9-22-15-23(37)11-12-30(22,2)32(24,34)26(38)16-31(25,3)33(19,42)27(39)18-43-29(41)36-17-21-7-5-20(6-8-21)14-28(40)35-4/h5-8,11-12,15,19,24-26,38,42H,9-10,13-14,16-18H2,1-4H3,(H,35,40)(H,36,41)/t19-,24+,25+,26+,30+,31+,32+,33+/m1/s1. The molecule has 10 heteroatoms. The van der Waals surface area contributed by atoms with Crippen molar-refractivity contribution >= 4 is 23.6 Å². The molecule has 9 nitrogen and oxygen atoms in total. The summed E-state index contributed by atoms with van der Waals surface area (Å²) in [4.78, 5) is 49.7. The summed E-state index contributed by atoms with van der Waals surface area (Å²) >= 11 is 0. The number of hydrogen-bond acceptors (Lipinski definition) is 7. The second-order valence-electron chi connectivity index (χ2n) is 13.2. The highest BCUT2D eigenvalue weighted by atomic mass is 19.1. The van der Waals surface area contributed by atoms with Gasteiger partial charge in [-0.25, -0.2) is 9.18 Å². The molecule has 8 atom stereocenters. The van der Waals surface area contributed by atoms with Gasteiger partial charge >= 0.3 is 6.09 Å². The van der Waals surface area contributed by atoms with Gasteiger partial charge in [-0.15, -0.1) is 0 Å². The second kappa shape index (κ2) is 11.0. The molecule has 0 saturated heterocycles. The third-order valence-electron chi connectivity index (χ3n) is 11.1. The van der Waals surface area contributed by atoms with E-state index in [2.05, 4.69) is 10.6 Å². The molecule has 1 aromatic carbocycles. The number of aliphatic hydroxyl groups is 2. The Bertz CT molecular complexity index is 1390. The number of alkyl carbamates (subject to hydrolysis) is 1. The minimum absolute atomic E-state index is 0.109. The molecule has 0 aliphatic heterocycles. The van der Waals surface area contributed by atoms with Gasteiger partial charge in [0.1, 0.15) is 5.60 Å². The molecule has 0 aromatic heterocycles. The molecule has 2 amide bonds. The number of Topliss-reactive ketones (excluding diaryl/α,β-unsaturated/α-hetero) is 1. The van der Waals surface area contributed by atoms with Gasteiger partial charge in [-0.3, -0.25) is 14.4 Å². The number of carbonyl (C=O) groups is 4. The number of benzene rings is 1. The van der Waals surface area contributed by atoms with Gasteiger partial charge in [0.15, 0.2) is 18.1 Å². The van der Waals surface area contributed by atoms with Crippen LogP contribution in [0.3, 0.4) is 0 Å². The summed E-state index contributed by atoms with van der Waals surface area (Å²) < 4.78 is 22.5. The molecular formula is C33H41FN2O7. The minimum Gasteiger partial charge on any atom is -0.441 e. The highest BCUT2D eigenvalue weighted by Gasteiger charge is 2.75. The predicted molar refractivity (Wildman–Crippen MR) is 155 cm³/mol.